The van der Waals surface area contributed by atoms with E-state index in [1.165, 1.54) is 32.9 Å². The second-order valence-electron chi connectivity index (χ2n) is 16.0. The molecule has 0 saturated heterocycles. The van der Waals surface area contributed by atoms with Gasteiger partial charge in [0.25, 0.3) is 0 Å². The first kappa shape index (κ1) is 36.5. The third kappa shape index (κ3) is 6.21. The van der Waals surface area contributed by atoms with Crippen molar-refractivity contribution < 1.29 is 4.42 Å². The Bertz CT molecular complexity index is 3530. The number of hydrogen-bond donors (Lipinski definition) is 0. The van der Waals surface area contributed by atoms with Crippen molar-refractivity contribution in [2.24, 2.45) is 0 Å². The molecule has 12 rings (SSSR count). The van der Waals surface area contributed by atoms with Crippen LogP contribution in [0.1, 0.15) is 0 Å². The van der Waals surface area contributed by atoms with Crippen LogP contribution >= 0.6 is 0 Å². The third-order valence-electron chi connectivity index (χ3n) is 12.4. The van der Waals surface area contributed by atoms with Gasteiger partial charge in [-0.1, -0.05) is 188 Å². The first-order valence-corrected chi connectivity index (χ1v) is 21.5. The van der Waals surface area contributed by atoms with Gasteiger partial charge in [-0.05, 0) is 88.0 Å². The highest BCUT2D eigenvalue weighted by Crippen LogP contribution is 2.50. The summed E-state index contributed by atoms with van der Waals surface area (Å²) in [5, 5.41) is 4.68. The van der Waals surface area contributed by atoms with Crippen LogP contribution in [0.15, 0.2) is 247 Å². The molecule has 10 aromatic carbocycles. The molecule has 0 amide bonds. The van der Waals surface area contributed by atoms with Gasteiger partial charge in [0.2, 0.25) is 0 Å². The molecule has 0 saturated carbocycles. The fourth-order valence-electron chi connectivity index (χ4n) is 9.58. The molecule has 3 nitrogen and oxygen atoms in total. The Morgan fingerprint density at radius 1 is 0.317 bits per heavy atom. The molecule has 0 aliphatic carbocycles. The number of nitrogens with zero attached hydrogens (tertiary/aromatic N) is 2. The maximum atomic E-state index is 6.50. The van der Waals surface area contributed by atoms with Crippen LogP contribution in [0, 0.1) is 0 Å². The molecule has 2 aromatic heterocycles. The van der Waals surface area contributed by atoms with E-state index in [0.29, 0.717) is 0 Å². The number of anilines is 3. The van der Waals surface area contributed by atoms with Gasteiger partial charge in [0, 0.05) is 38.7 Å². The number of benzene rings is 10. The highest BCUT2D eigenvalue weighted by atomic mass is 16.3. The van der Waals surface area contributed by atoms with Crippen molar-refractivity contribution in [3.63, 3.8) is 0 Å². The van der Waals surface area contributed by atoms with Crippen LogP contribution in [-0.2, 0) is 0 Å². The fraction of sp³-hybridized carbons (Fsp3) is 0. The van der Waals surface area contributed by atoms with Gasteiger partial charge in [-0.15, -0.1) is 0 Å². The second-order valence-corrected chi connectivity index (χ2v) is 16.0. The fourth-order valence-corrected chi connectivity index (χ4v) is 9.58. The van der Waals surface area contributed by atoms with E-state index in [1.54, 1.807) is 0 Å². The van der Waals surface area contributed by atoms with Crippen molar-refractivity contribution in [3.8, 4) is 50.2 Å². The topological polar surface area (TPSA) is 21.3 Å². The maximum Gasteiger partial charge on any atom is 0.137 e. The molecule has 0 atom stereocenters. The van der Waals surface area contributed by atoms with Crippen molar-refractivity contribution in [2.75, 3.05) is 4.90 Å². The Morgan fingerprint density at radius 2 is 0.810 bits per heavy atom. The highest BCUT2D eigenvalue weighted by molar-refractivity contribution is 6.16. The number of hydrogen-bond acceptors (Lipinski definition) is 2. The highest BCUT2D eigenvalue weighted by Gasteiger charge is 2.25. The van der Waals surface area contributed by atoms with Crippen molar-refractivity contribution in [2.45, 2.75) is 0 Å². The van der Waals surface area contributed by atoms with E-state index in [4.69, 9.17) is 4.42 Å². The van der Waals surface area contributed by atoms with Gasteiger partial charge in [-0.25, -0.2) is 0 Å². The lowest BCUT2D eigenvalue weighted by atomic mass is 9.93. The molecule has 2 heterocycles. The standard InChI is InChI=1S/C60H40N2O/c1-4-17-43(18-5-1)49-26-14-27-50(44-19-6-2-7-20-44)60(49)62(55-30-16-32-57-59(55)52-24-11-13-31-56(52)63-57)47-39-37-42(38-40-47)41-33-35-45(36-34-41)48-25-15-29-54-58(48)51-23-10-12-28-53(51)61(54)46-21-8-3-9-22-46/h1-40H. The van der Waals surface area contributed by atoms with E-state index in [9.17, 15) is 0 Å². The number of fused-ring (bicyclic) bond motifs is 6. The Balaban J connectivity index is 1.00. The lowest BCUT2D eigenvalue weighted by Gasteiger charge is -2.31. The van der Waals surface area contributed by atoms with Crippen molar-refractivity contribution in [1.29, 1.82) is 0 Å². The average molecular weight is 805 g/mol. The summed E-state index contributed by atoms with van der Waals surface area (Å²) in [6.45, 7) is 0. The summed E-state index contributed by atoms with van der Waals surface area (Å²) in [7, 11) is 0. The Morgan fingerprint density at radius 3 is 1.51 bits per heavy atom. The van der Waals surface area contributed by atoms with E-state index < -0.39 is 0 Å². The predicted molar refractivity (Wildman–Crippen MR) is 264 cm³/mol. The van der Waals surface area contributed by atoms with E-state index in [2.05, 4.69) is 246 Å². The molecular weight excluding hydrogens is 765 g/mol. The SMILES string of the molecule is c1ccc(-c2cccc(-c3ccccc3)c2N(c2ccc(-c3ccc(-c4cccc5c4c4ccccc4n5-c4ccccc4)cc3)cc2)c2cccc3oc4ccccc4c23)cc1. The quantitative estimate of drug-likeness (QED) is 0.153. The minimum Gasteiger partial charge on any atom is -0.456 e. The summed E-state index contributed by atoms with van der Waals surface area (Å²) in [4.78, 5) is 2.44. The molecule has 0 N–H and O–H groups in total. The molecular formula is C60H40N2O. The van der Waals surface area contributed by atoms with Gasteiger partial charge in [0.1, 0.15) is 11.2 Å². The van der Waals surface area contributed by atoms with Crippen LogP contribution in [0.2, 0.25) is 0 Å². The summed E-state index contributed by atoms with van der Waals surface area (Å²) in [6, 6.07) is 87.0. The molecule has 0 bridgehead atoms. The molecule has 0 unspecified atom stereocenters. The first-order valence-electron chi connectivity index (χ1n) is 21.5. The molecule has 0 aliphatic rings. The molecule has 0 aliphatic heterocycles. The minimum absolute atomic E-state index is 0.856. The zero-order valence-corrected chi connectivity index (χ0v) is 34.4. The van der Waals surface area contributed by atoms with Crippen molar-refractivity contribution >= 4 is 60.8 Å². The van der Waals surface area contributed by atoms with Crippen LogP contribution in [-0.4, -0.2) is 4.57 Å². The van der Waals surface area contributed by atoms with Gasteiger partial charge in [0.05, 0.1) is 27.8 Å². The molecule has 296 valence electrons. The van der Waals surface area contributed by atoms with Crippen LogP contribution in [0.3, 0.4) is 0 Å². The Hall–Kier alpha value is -8.40. The zero-order valence-electron chi connectivity index (χ0n) is 34.4. The molecule has 3 heteroatoms. The monoisotopic (exact) mass is 804 g/mol. The van der Waals surface area contributed by atoms with E-state index in [1.807, 2.05) is 6.07 Å². The number of rotatable bonds is 8. The average Bonchev–Trinajstić information content (AvgIpc) is 3.92. The maximum absolute atomic E-state index is 6.50. The molecule has 63 heavy (non-hydrogen) atoms. The van der Waals surface area contributed by atoms with Gasteiger partial charge in [-0.2, -0.15) is 0 Å². The predicted octanol–water partition coefficient (Wildman–Crippen LogP) is 16.8. The summed E-state index contributed by atoms with van der Waals surface area (Å²) >= 11 is 0. The van der Waals surface area contributed by atoms with E-state index in [-0.39, 0.29) is 0 Å². The van der Waals surface area contributed by atoms with E-state index >= 15 is 0 Å². The Labute approximate surface area is 366 Å². The van der Waals surface area contributed by atoms with Crippen LogP contribution in [0.25, 0.3) is 93.9 Å². The number of para-hydroxylation sites is 4. The molecule has 0 radical (unpaired) electrons. The number of furan rings is 1. The smallest absolute Gasteiger partial charge is 0.137 e. The largest absolute Gasteiger partial charge is 0.456 e. The summed E-state index contributed by atoms with van der Waals surface area (Å²) in [5.41, 5.74) is 17.8. The summed E-state index contributed by atoms with van der Waals surface area (Å²) < 4.78 is 8.88. The van der Waals surface area contributed by atoms with Gasteiger partial charge >= 0.3 is 0 Å². The van der Waals surface area contributed by atoms with E-state index in [0.717, 1.165) is 78.1 Å². The normalized spacial score (nSPS) is 11.5. The minimum atomic E-state index is 0.856. The number of aromatic nitrogens is 1. The van der Waals surface area contributed by atoms with Gasteiger partial charge < -0.3 is 13.9 Å². The molecule has 0 fully saturated rings. The summed E-state index contributed by atoms with van der Waals surface area (Å²) in [6.07, 6.45) is 0. The molecule has 12 aromatic rings. The van der Waals surface area contributed by atoms with Crippen LogP contribution in [0.4, 0.5) is 17.1 Å². The lowest BCUT2D eigenvalue weighted by molar-refractivity contribution is 0.669. The summed E-state index contributed by atoms with van der Waals surface area (Å²) in [5.74, 6) is 0. The lowest BCUT2D eigenvalue weighted by Crippen LogP contribution is -2.13. The van der Waals surface area contributed by atoms with Crippen LogP contribution in [0.5, 0.6) is 0 Å². The molecule has 0 spiro atoms. The first-order chi connectivity index (χ1) is 31.3. The van der Waals surface area contributed by atoms with Gasteiger partial charge in [-0.3, -0.25) is 0 Å². The van der Waals surface area contributed by atoms with Gasteiger partial charge in [0.15, 0.2) is 0 Å². The van der Waals surface area contributed by atoms with Crippen molar-refractivity contribution in [3.05, 3.63) is 243 Å². The zero-order chi connectivity index (χ0) is 41.7. The second kappa shape index (κ2) is 15.3. The van der Waals surface area contributed by atoms with Crippen LogP contribution < -0.4 is 4.90 Å². The third-order valence-corrected chi connectivity index (χ3v) is 12.4. The Kier molecular flexibility index (Phi) is 8.83. The van der Waals surface area contributed by atoms with Crippen molar-refractivity contribution in [1.82, 2.24) is 4.57 Å².